The van der Waals surface area contributed by atoms with E-state index in [4.69, 9.17) is 0 Å². The molecule has 0 nitrogen and oxygen atoms in total. The van der Waals surface area contributed by atoms with Crippen LogP contribution in [0.5, 0.6) is 0 Å². The number of hydrogen-bond acceptors (Lipinski definition) is 0. The van der Waals surface area contributed by atoms with E-state index in [0.717, 1.165) is 25.7 Å². The Morgan fingerprint density at radius 2 is 0.982 bits per heavy atom. The average molecular weight is 909 g/mol. The van der Waals surface area contributed by atoms with Gasteiger partial charge in [0.15, 0.2) is 0 Å². The Kier molecular flexibility index (Phi) is 13.9. The summed E-state index contributed by atoms with van der Waals surface area (Å²) in [5, 5.41) is 0. The fraction of sp³-hybridized carbons (Fsp3) is 0.440. The maximum atomic E-state index is 14.9. The largest absolute Gasteiger partial charge is 0.147 e. The van der Waals surface area contributed by atoms with Gasteiger partial charge in [-0.1, -0.05) is 0 Å². The molecule has 0 bridgehead atoms. The number of hydrogen-bond donors (Lipinski definition) is 0. The molecule has 2 saturated carbocycles. The summed E-state index contributed by atoms with van der Waals surface area (Å²) >= 11 is -4.75. The second-order valence-corrected chi connectivity index (χ2v) is 46.8. The number of benzene rings is 4. The molecule has 0 N–H and O–H groups in total. The van der Waals surface area contributed by atoms with Gasteiger partial charge in [0.05, 0.1) is 0 Å². The van der Waals surface area contributed by atoms with Gasteiger partial charge in [-0.15, -0.1) is 24.8 Å². The van der Waals surface area contributed by atoms with Gasteiger partial charge in [-0.05, 0) is 0 Å². The van der Waals surface area contributed by atoms with Crippen LogP contribution in [0.1, 0.15) is 125 Å². The van der Waals surface area contributed by atoms with Crippen molar-refractivity contribution in [2.75, 3.05) is 0 Å². The van der Waals surface area contributed by atoms with Crippen LogP contribution in [0, 0.1) is 11.8 Å². The summed E-state index contributed by atoms with van der Waals surface area (Å²) in [5.41, 5.74) is 15.6. The standard InChI is InChI=1S/2C23H25.C3H4F3.CH3.2ClH.H2Si.Zr/c2*1-2-17-10-12-20(13-11-17)22-9-5-8-21-15-19(16-23(21)22)14-18-6-3-4-7-18;1-2-3(4,5)6;;;;;/h2*5,8-13,15-16,18H,2-4,6-7,14H2,1H3;1-2H2;1H3;2*1H;1H2;. The third kappa shape index (κ3) is 8.85. The van der Waals surface area contributed by atoms with Crippen molar-refractivity contribution in [1.82, 2.24) is 0 Å². The van der Waals surface area contributed by atoms with Gasteiger partial charge >= 0.3 is 333 Å². The Labute approximate surface area is 354 Å². The molecule has 4 aromatic rings. The molecule has 8 rings (SSSR count). The van der Waals surface area contributed by atoms with E-state index in [1.165, 1.54) is 118 Å². The predicted octanol–water partition coefficient (Wildman–Crippen LogP) is 15.4. The van der Waals surface area contributed by atoms with Crippen LogP contribution in [0.25, 0.3) is 34.4 Å². The number of alkyl halides is 3. The second-order valence-electron chi connectivity index (χ2n) is 18.4. The van der Waals surface area contributed by atoms with E-state index >= 15 is 0 Å². The number of fused-ring (bicyclic) bond motifs is 2. The van der Waals surface area contributed by atoms with Crippen LogP contribution < -0.4 is 0 Å². The van der Waals surface area contributed by atoms with Gasteiger partial charge in [0.2, 0.25) is 0 Å². The van der Waals surface area contributed by atoms with Crippen molar-refractivity contribution in [1.29, 1.82) is 0 Å². The summed E-state index contributed by atoms with van der Waals surface area (Å²) in [4.78, 5) is 0. The minimum atomic E-state index is -4.75. The number of halogens is 5. The third-order valence-corrected chi connectivity index (χ3v) is 37.4. The van der Waals surface area contributed by atoms with Crippen molar-refractivity contribution in [3.63, 3.8) is 0 Å². The zero-order chi connectivity index (χ0) is 38.4. The third-order valence-electron chi connectivity index (χ3n) is 14.5. The molecule has 4 aromatic carbocycles. The van der Waals surface area contributed by atoms with Gasteiger partial charge in [0.1, 0.15) is 0 Å². The quantitative estimate of drug-likeness (QED) is 0.124. The van der Waals surface area contributed by atoms with E-state index in [-0.39, 0.29) is 36.2 Å². The molecule has 57 heavy (non-hydrogen) atoms. The summed E-state index contributed by atoms with van der Waals surface area (Å²) in [6.45, 7) is 6.54. The molecule has 0 saturated heterocycles. The van der Waals surface area contributed by atoms with Crippen molar-refractivity contribution >= 4 is 43.8 Å². The summed E-state index contributed by atoms with van der Waals surface area (Å²) < 4.78 is 47.5. The first kappa shape index (κ1) is 44.4. The number of rotatable bonds is 12. The fourth-order valence-corrected chi connectivity index (χ4v) is 35.4. The summed E-state index contributed by atoms with van der Waals surface area (Å²) in [6.07, 6.45) is 14.1. The first-order chi connectivity index (χ1) is 26.4. The molecule has 0 aliphatic heterocycles. The van der Waals surface area contributed by atoms with Crippen LogP contribution >= 0.6 is 24.8 Å². The van der Waals surface area contributed by atoms with Crippen LogP contribution in [-0.4, -0.2) is 13.1 Å². The fourth-order valence-electron chi connectivity index (χ4n) is 11.7. The number of aryl methyl sites for hydroxylation is 2. The van der Waals surface area contributed by atoms with Crippen molar-refractivity contribution < 1.29 is 30.6 Å². The smallest absolute Gasteiger partial charge is 0.147 e. The Balaban J connectivity index is 0.00000275. The zero-order valence-electron chi connectivity index (χ0n) is 34.1. The molecule has 2 fully saturated rings. The first-order valence-electron chi connectivity index (χ1n) is 21.4. The van der Waals surface area contributed by atoms with E-state index in [0.29, 0.717) is 11.8 Å². The monoisotopic (exact) mass is 906 g/mol. The van der Waals surface area contributed by atoms with E-state index in [1.54, 1.807) is 0 Å². The molecule has 304 valence electrons. The maximum Gasteiger partial charge on any atom is -0.147 e. The van der Waals surface area contributed by atoms with E-state index < -0.39 is 30.0 Å². The molecule has 0 aromatic heterocycles. The minimum Gasteiger partial charge on any atom is -0.147 e. The average Bonchev–Trinajstić information content (AvgIpc) is 4.01. The Bertz CT molecular complexity index is 2030. The molecule has 0 radical (unpaired) electrons. The van der Waals surface area contributed by atoms with Crippen LogP contribution in [0.3, 0.4) is 0 Å². The molecular formula is C50H61Cl2F3SiZr. The Hall–Kier alpha value is -2.17. The molecular weight excluding hydrogens is 848 g/mol. The molecule has 4 aliphatic carbocycles. The van der Waals surface area contributed by atoms with E-state index in [1.807, 2.05) is 0 Å². The van der Waals surface area contributed by atoms with Crippen LogP contribution in [-0.2, 0) is 30.2 Å². The molecule has 2 unspecified atom stereocenters. The van der Waals surface area contributed by atoms with Crippen LogP contribution in [0.2, 0.25) is 8.76 Å². The number of allylic oxidation sites excluding steroid dienone is 2. The molecule has 0 heterocycles. The predicted molar refractivity (Wildman–Crippen MR) is 241 cm³/mol. The van der Waals surface area contributed by atoms with Crippen molar-refractivity contribution in [3.8, 4) is 22.3 Å². The normalized spacial score (nSPS) is 19.8. The summed E-state index contributed by atoms with van der Waals surface area (Å²) in [5.74, 6) is 1.23. The summed E-state index contributed by atoms with van der Waals surface area (Å²) in [7, 11) is 0. The van der Waals surface area contributed by atoms with Crippen LogP contribution in [0.15, 0.2) is 96.1 Å². The van der Waals surface area contributed by atoms with Gasteiger partial charge < -0.3 is 0 Å². The van der Waals surface area contributed by atoms with Crippen molar-refractivity contribution in [3.05, 3.63) is 129 Å². The molecule has 4 aliphatic rings. The topological polar surface area (TPSA) is 0 Å². The minimum absolute atomic E-state index is 0. The van der Waals surface area contributed by atoms with Gasteiger partial charge in [0.25, 0.3) is 0 Å². The second kappa shape index (κ2) is 17.8. The Morgan fingerprint density at radius 1 is 0.596 bits per heavy atom. The zero-order valence-corrected chi connectivity index (χ0v) is 39.6. The summed E-state index contributed by atoms with van der Waals surface area (Å²) in [6, 6.07) is 31.5. The van der Waals surface area contributed by atoms with Gasteiger partial charge in [-0.25, -0.2) is 0 Å². The maximum absolute atomic E-state index is 14.9. The van der Waals surface area contributed by atoms with Crippen molar-refractivity contribution in [2.24, 2.45) is 11.8 Å². The van der Waals surface area contributed by atoms with Gasteiger partial charge in [-0.2, -0.15) is 0 Å². The van der Waals surface area contributed by atoms with Gasteiger partial charge in [-0.3, -0.25) is 0 Å². The molecule has 0 amide bonds. The molecule has 2 atom stereocenters. The van der Waals surface area contributed by atoms with Crippen LogP contribution in [0.4, 0.5) is 13.2 Å². The first-order valence-corrected chi connectivity index (χ1v) is 34.4. The van der Waals surface area contributed by atoms with E-state index in [9.17, 15) is 13.2 Å². The molecule has 7 heteroatoms. The van der Waals surface area contributed by atoms with Crippen molar-refractivity contribution in [2.45, 2.75) is 120 Å². The molecule has 0 spiro atoms. The Morgan fingerprint density at radius 3 is 1.33 bits per heavy atom. The SMILES string of the molecule is CCc1ccc(-c2cccc3c2C=C(CC2CCCC2)[CH]3[Zr]([CH3])(=[SiH2])([CH2]CC(F)(F)F)[CH]2C(CC3CCCC3)=Cc3c(-c4ccc(CC)cc4)cccc32)cc1.Cl.Cl. The van der Waals surface area contributed by atoms with E-state index in [2.05, 4.69) is 122 Å². The van der Waals surface area contributed by atoms with Gasteiger partial charge in [0, 0.05) is 0 Å².